The maximum absolute atomic E-state index is 12.3. The van der Waals surface area contributed by atoms with Gasteiger partial charge in [-0.1, -0.05) is 12.1 Å². The predicted molar refractivity (Wildman–Crippen MR) is 105 cm³/mol. The van der Waals surface area contributed by atoms with E-state index in [1.807, 2.05) is 45.0 Å². The van der Waals surface area contributed by atoms with Crippen molar-refractivity contribution in [1.29, 1.82) is 0 Å². The molecule has 1 aliphatic rings. The van der Waals surface area contributed by atoms with Crippen molar-refractivity contribution in [3.05, 3.63) is 24.3 Å². The minimum absolute atomic E-state index is 0.240. The first-order chi connectivity index (χ1) is 12.9. The summed E-state index contributed by atoms with van der Waals surface area (Å²) in [6.07, 6.45) is 1.78. The van der Waals surface area contributed by atoms with Gasteiger partial charge in [0.05, 0.1) is 18.1 Å². The maximum Gasteiger partial charge on any atom is 0.410 e. The molecule has 3 rings (SSSR count). The number of para-hydroxylation sites is 2. The average molecular weight is 372 g/mol. The fourth-order valence-corrected chi connectivity index (χ4v) is 3.21. The van der Waals surface area contributed by atoms with Crippen molar-refractivity contribution in [1.82, 2.24) is 14.9 Å². The third-order valence-corrected chi connectivity index (χ3v) is 4.46. The lowest BCUT2D eigenvalue weighted by Gasteiger charge is -2.34. The van der Waals surface area contributed by atoms with Crippen molar-refractivity contribution in [3.8, 4) is 5.88 Å². The van der Waals surface area contributed by atoms with E-state index in [9.17, 15) is 4.79 Å². The molecule has 146 valence electrons. The molecular formula is C20H28N4O3. The molecule has 0 unspecified atom stereocenters. The van der Waals surface area contributed by atoms with E-state index in [4.69, 9.17) is 9.47 Å². The maximum atomic E-state index is 12.3. The van der Waals surface area contributed by atoms with Crippen LogP contribution in [0.1, 0.15) is 33.6 Å². The Kier molecular flexibility index (Phi) is 5.68. The van der Waals surface area contributed by atoms with Crippen LogP contribution in [0.2, 0.25) is 0 Å². The second kappa shape index (κ2) is 7.98. The van der Waals surface area contributed by atoms with E-state index in [1.165, 1.54) is 0 Å². The Hall–Kier alpha value is -2.57. The molecule has 1 aliphatic heterocycles. The number of nitrogens with zero attached hydrogens (tertiary/aromatic N) is 3. The number of hydrogen-bond donors (Lipinski definition) is 1. The highest BCUT2D eigenvalue weighted by Gasteiger charge is 2.27. The van der Waals surface area contributed by atoms with Crippen LogP contribution >= 0.6 is 0 Å². The number of likely N-dealkylation sites (tertiary alicyclic amines) is 1. The number of carbonyl (C=O) groups excluding carboxylic acids is 1. The first-order valence-corrected chi connectivity index (χ1v) is 9.38. The molecule has 2 aromatic rings. The zero-order valence-electron chi connectivity index (χ0n) is 16.5. The van der Waals surface area contributed by atoms with Crippen molar-refractivity contribution in [2.24, 2.45) is 5.92 Å². The SMILES string of the molecule is COc1nc2ccccc2nc1NC[C@H]1CCCN(C(=O)OC(C)(C)C)C1. The standard InChI is InChI=1S/C20H28N4O3/c1-20(2,3)27-19(25)24-11-7-8-14(13-24)12-21-17-18(26-4)23-16-10-6-5-9-15(16)22-17/h5-6,9-10,14H,7-8,11-13H2,1-4H3,(H,21,22)/t14-/m1/s1. The third-order valence-electron chi connectivity index (χ3n) is 4.46. The Morgan fingerprint density at radius 2 is 1.96 bits per heavy atom. The number of hydrogen-bond acceptors (Lipinski definition) is 6. The molecule has 1 amide bonds. The van der Waals surface area contributed by atoms with Gasteiger partial charge in [0.2, 0.25) is 0 Å². The molecule has 0 aliphatic carbocycles. The van der Waals surface area contributed by atoms with Crippen LogP contribution in [-0.2, 0) is 4.74 Å². The zero-order valence-corrected chi connectivity index (χ0v) is 16.5. The Morgan fingerprint density at radius 3 is 2.63 bits per heavy atom. The summed E-state index contributed by atoms with van der Waals surface area (Å²) >= 11 is 0. The van der Waals surface area contributed by atoms with Gasteiger partial charge in [0, 0.05) is 19.6 Å². The van der Waals surface area contributed by atoms with Crippen LogP contribution in [0, 0.1) is 5.92 Å². The summed E-state index contributed by atoms with van der Waals surface area (Å²) in [5, 5.41) is 3.36. The zero-order chi connectivity index (χ0) is 19.4. The Bertz CT molecular complexity index is 803. The van der Waals surface area contributed by atoms with Gasteiger partial charge in [0.1, 0.15) is 5.60 Å². The van der Waals surface area contributed by atoms with E-state index >= 15 is 0 Å². The molecule has 0 bridgehead atoms. The van der Waals surface area contributed by atoms with E-state index in [1.54, 1.807) is 12.0 Å². The predicted octanol–water partition coefficient (Wildman–Crippen LogP) is 3.70. The lowest BCUT2D eigenvalue weighted by molar-refractivity contribution is 0.0172. The number of rotatable bonds is 4. The molecule has 7 nitrogen and oxygen atoms in total. The first-order valence-electron chi connectivity index (χ1n) is 9.38. The molecule has 0 radical (unpaired) electrons. The summed E-state index contributed by atoms with van der Waals surface area (Å²) in [6.45, 7) is 7.77. The quantitative estimate of drug-likeness (QED) is 0.882. The van der Waals surface area contributed by atoms with E-state index in [-0.39, 0.29) is 6.09 Å². The van der Waals surface area contributed by atoms with Crippen LogP contribution in [0.5, 0.6) is 5.88 Å². The molecule has 1 atom stereocenters. The number of ether oxygens (including phenoxy) is 2. The van der Waals surface area contributed by atoms with Gasteiger partial charge in [-0.3, -0.25) is 0 Å². The number of methoxy groups -OCH3 is 1. The summed E-state index contributed by atoms with van der Waals surface area (Å²) < 4.78 is 10.9. The summed E-state index contributed by atoms with van der Waals surface area (Å²) in [5.41, 5.74) is 1.14. The number of nitrogens with one attached hydrogen (secondary N) is 1. The topological polar surface area (TPSA) is 76.6 Å². The summed E-state index contributed by atoms with van der Waals surface area (Å²) in [5.74, 6) is 1.43. The van der Waals surface area contributed by atoms with E-state index in [2.05, 4.69) is 15.3 Å². The van der Waals surface area contributed by atoms with Crippen LogP contribution in [0.3, 0.4) is 0 Å². The van der Waals surface area contributed by atoms with Crippen LogP contribution in [0.15, 0.2) is 24.3 Å². The third kappa shape index (κ3) is 4.99. The van der Waals surface area contributed by atoms with Gasteiger partial charge >= 0.3 is 6.09 Å². The number of aromatic nitrogens is 2. The van der Waals surface area contributed by atoms with Gasteiger partial charge in [-0.2, -0.15) is 0 Å². The van der Waals surface area contributed by atoms with Crippen molar-refractivity contribution >= 4 is 22.9 Å². The number of amides is 1. The lowest BCUT2D eigenvalue weighted by atomic mass is 9.98. The molecule has 0 spiro atoms. The Balaban J connectivity index is 1.64. The van der Waals surface area contributed by atoms with Gasteiger partial charge < -0.3 is 19.7 Å². The first kappa shape index (κ1) is 19.2. The van der Waals surface area contributed by atoms with Gasteiger partial charge in [-0.05, 0) is 51.7 Å². The molecule has 1 aromatic heterocycles. The van der Waals surface area contributed by atoms with Gasteiger partial charge in [0.15, 0.2) is 5.82 Å². The minimum Gasteiger partial charge on any atom is -0.478 e. The fourth-order valence-electron chi connectivity index (χ4n) is 3.21. The van der Waals surface area contributed by atoms with Crippen molar-refractivity contribution in [2.45, 2.75) is 39.2 Å². The van der Waals surface area contributed by atoms with E-state index in [0.717, 1.165) is 30.4 Å². The number of piperidine rings is 1. The molecule has 1 N–H and O–H groups in total. The summed E-state index contributed by atoms with van der Waals surface area (Å²) in [4.78, 5) is 23.3. The average Bonchev–Trinajstić information content (AvgIpc) is 2.64. The minimum atomic E-state index is -0.476. The molecule has 27 heavy (non-hydrogen) atoms. The molecular weight excluding hydrogens is 344 g/mol. The van der Waals surface area contributed by atoms with Gasteiger partial charge in [0.25, 0.3) is 5.88 Å². The highest BCUT2D eigenvalue weighted by Crippen LogP contribution is 2.25. The Labute approximate surface area is 160 Å². The van der Waals surface area contributed by atoms with E-state index in [0.29, 0.717) is 30.7 Å². The highest BCUT2D eigenvalue weighted by atomic mass is 16.6. The summed E-state index contributed by atoms with van der Waals surface area (Å²) in [6, 6.07) is 7.70. The molecule has 7 heteroatoms. The smallest absolute Gasteiger partial charge is 0.410 e. The molecule has 1 aromatic carbocycles. The number of carbonyl (C=O) groups is 1. The van der Waals surface area contributed by atoms with Crippen molar-refractivity contribution in [2.75, 3.05) is 32.1 Å². The Morgan fingerprint density at radius 1 is 1.26 bits per heavy atom. The fraction of sp³-hybridized carbons (Fsp3) is 0.550. The number of benzene rings is 1. The lowest BCUT2D eigenvalue weighted by Crippen LogP contribution is -2.44. The molecule has 1 fully saturated rings. The van der Waals surface area contributed by atoms with Gasteiger partial charge in [-0.15, -0.1) is 0 Å². The van der Waals surface area contributed by atoms with Crippen molar-refractivity contribution < 1.29 is 14.3 Å². The van der Waals surface area contributed by atoms with Crippen LogP contribution in [0.25, 0.3) is 11.0 Å². The van der Waals surface area contributed by atoms with Gasteiger partial charge in [-0.25, -0.2) is 14.8 Å². The summed E-state index contributed by atoms with van der Waals surface area (Å²) in [7, 11) is 1.59. The molecule has 0 saturated carbocycles. The second-order valence-corrected chi connectivity index (χ2v) is 7.89. The largest absolute Gasteiger partial charge is 0.478 e. The number of anilines is 1. The highest BCUT2D eigenvalue weighted by molar-refractivity contribution is 5.77. The molecule has 2 heterocycles. The molecule has 1 saturated heterocycles. The van der Waals surface area contributed by atoms with Crippen LogP contribution in [-0.4, -0.2) is 53.3 Å². The van der Waals surface area contributed by atoms with E-state index < -0.39 is 5.60 Å². The second-order valence-electron chi connectivity index (χ2n) is 7.89. The number of fused-ring (bicyclic) bond motifs is 1. The van der Waals surface area contributed by atoms with Crippen LogP contribution < -0.4 is 10.1 Å². The monoisotopic (exact) mass is 372 g/mol. The van der Waals surface area contributed by atoms with Crippen molar-refractivity contribution in [3.63, 3.8) is 0 Å². The normalized spacial score (nSPS) is 17.6. The van der Waals surface area contributed by atoms with Crippen LogP contribution in [0.4, 0.5) is 10.6 Å².